The Balaban J connectivity index is 2.32. The van der Waals surface area contributed by atoms with E-state index in [1.807, 2.05) is 25.1 Å². The Bertz CT molecular complexity index is 659. The molecule has 0 saturated heterocycles. The quantitative estimate of drug-likeness (QED) is 0.814. The van der Waals surface area contributed by atoms with Gasteiger partial charge in [-0.15, -0.1) is 0 Å². The molecule has 0 aliphatic rings. The van der Waals surface area contributed by atoms with Crippen molar-refractivity contribution in [1.82, 2.24) is 4.98 Å². The van der Waals surface area contributed by atoms with Gasteiger partial charge in [0.25, 0.3) is 5.91 Å². The first-order chi connectivity index (χ1) is 9.51. The molecule has 20 heavy (non-hydrogen) atoms. The molecule has 0 spiro atoms. The molecule has 2 N–H and O–H groups in total. The van der Waals surface area contributed by atoms with Crippen molar-refractivity contribution < 1.29 is 4.79 Å². The molecule has 1 heterocycles. The second-order valence-corrected chi connectivity index (χ2v) is 6.04. The monoisotopic (exact) mass is 397 g/mol. The number of pyridine rings is 1. The lowest BCUT2D eigenvalue weighted by atomic mass is 10.2. The zero-order valence-electron chi connectivity index (χ0n) is 11.0. The van der Waals surface area contributed by atoms with E-state index in [-0.39, 0.29) is 5.91 Å². The second-order valence-electron chi connectivity index (χ2n) is 4.21. The molecule has 6 heteroatoms. The van der Waals surface area contributed by atoms with Crippen LogP contribution in [-0.2, 0) is 0 Å². The van der Waals surface area contributed by atoms with Gasteiger partial charge in [-0.3, -0.25) is 4.79 Å². The van der Waals surface area contributed by atoms with E-state index in [0.29, 0.717) is 11.4 Å². The van der Waals surface area contributed by atoms with E-state index in [9.17, 15) is 4.79 Å². The number of aromatic nitrogens is 1. The van der Waals surface area contributed by atoms with Crippen LogP contribution in [-0.4, -0.2) is 17.9 Å². The summed E-state index contributed by atoms with van der Waals surface area (Å²) in [6, 6.07) is 7.49. The fourth-order valence-electron chi connectivity index (χ4n) is 1.73. The summed E-state index contributed by atoms with van der Waals surface area (Å²) in [5.74, 6) is 0.336. The highest BCUT2D eigenvalue weighted by Crippen LogP contribution is 2.23. The molecule has 0 fully saturated rings. The lowest BCUT2D eigenvalue weighted by Crippen LogP contribution is -2.15. The number of nitrogens with one attached hydrogen (secondary N) is 2. The van der Waals surface area contributed by atoms with Crippen LogP contribution in [0.2, 0.25) is 0 Å². The van der Waals surface area contributed by atoms with Crippen LogP contribution in [0.15, 0.2) is 39.4 Å². The maximum atomic E-state index is 12.4. The Hall–Kier alpha value is -1.40. The van der Waals surface area contributed by atoms with Crippen molar-refractivity contribution in [3.05, 3.63) is 50.5 Å². The van der Waals surface area contributed by atoms with Gasteiger partial charge < -0.3 is 10.6 Å². The maximum absolute atomic E-state index is 12.4. The van der Waals surface area contributed by atoms with Gasteiger partial charge in [-0.2, -0.15) is 0 Å². The standard InChI is InChI=1S/C14H13Br2N3O/c1-8-3-4-9(15)6-12(8)19-14(20)11-5-10(16)7-18-13(11)17-2/h3-7H,1-2H3,(H,17,18)(H,19,20). The molecule has 1 aromatic heterocycles. The van der Waals surface area contributed by atoms with E-state index >= 15 is 0 Å². The third-order valence-corrected chi connectivity index (χ3v) is 3.71. The molecular formula is C14H13Br2N3O. The van der Waals surface area contributed by atoms with Gasteiger partial charge in [-0.25, -0.2) is 4.98 Å². The summed E-state index contributed by atoms with van der Waals surface area (Å²) < 4.78 is 1.67. The SMILES string of the molecule is CNc1ncc(Br)cc1C(=O)Nc1cc(Br)ccc1C. The van der Waals surface area contributed by atoms with Crippen LogP contribution in [0.4, 0.5) is 11.5 Å². The molecule has 2 aromatic rings. The predicted octanol–water partition coefficient (Wildman–Crippen LogP) is 4.21. The highest BCUT2D eigenvalue weighted by Gasteiger charge is 2.14. The number of hydrogen-bond acceptors (Lipinski definition) is 3. The Kier molecular flexibility index (Phi) is 4.77. The zero-order valence-corrected chi connectivity index (χ0v) is 14.2. The fraction of sp³-hybridized carbons (Fsp3) is 0.143. The van der Waals surface area contributed by atoms with Crippen LogP contribution >= 0.6 is 31.9 Å². The Labute approximate surface area is 134 Å². The molecule has 1 amide bonds. The summed E-state index contributed by atoms with van der Waals surface area (Å²) in [6.07, 6.45) is 1.65. The number of amides is 1. The molecule has 0 unspecified atom stereocenters. The molecule has 0 saturated carbocycles. The Morgan fingerprint density at radius 2 is 1.95 bits per heavy atom. The lowest BCUT2D eigenvalue weighted by Gasteiger charge is -2.11. The largest absolute Gasteiger partial charge is 0.372 e. The summed E-state index contributed by atoms with van der Waals surface area (Å²) in [5.41, 5.74) is 2.25. The van der Waals surface area contributed by atoms with E-state index in [4.69, 9.17) is 0 Å². The van der Waals surface area contributed by atoms with Gasteiger partial charge in [0, 0.05) is 27.9 Å². The molecule has 0 radical (unpaired) electrons. The number of hydrogen-bond donors (Lipinski definition) is 2. The third-order valence-electron chi connectivity index (χ3n) is 2.78. The topological polar surface area (TPSA) is 54.0 Å². The first kappa shape index (κ1) is 15.0. The summed E-state index contributed by atoms with van der Waals surface area (Å²) in [5, 5.41) is 5.81. The molecule has 104 valence electrons. The number of rotatable bonds is 3. The van der Waals surface area contributed by atoms with Crippen molar-refractivity contribution in [3.63, 3.8) is 0 Å². The molecule has 0 aliphatic carbocycles. The van der Waals surface area contributed by atoms with E-state index in [0.717, 1.165) is 20.2 Å². The number of carbonyl (C=O) groups excluding carboxylic acids is 1. The fourth-order valence-corrected chi connectivity index (χ4v) is 2.42. The highest BCUT2D eigenvalue weighted by molar-refractivity contribution is 9.10. The van der Waals surface area contributed by atoms with Gasteiger partial charge in [-0.1, -0.05) is 22.0 Å². The number of aryl methyl sites for hydroxylation is 1. The summed E-state index contributed by atoms with van der Waals surface area (Å²) in [4.78, 5) is 16.6. The first-order valence-electron chi connectivity index (χ1n) is 5.92. The zero-order chi connectivity index (χ0) is 14.7. The van der Waals surface area contributed by atoms with Crippen molar-refractivity contribution >= 4 is 49.3 Å². The molecule has 2 rings (SSSR count). The van der Waals surface area contributed by atoms with Crippen LogP contribution in [0.25, 0.3) is 0 Å². The van der Waals surface area contributed by atoms with Crippen molar-refractivity contribution in [1.29, 1.82) is 0 Å². The minimum Gasteiger partial charge on any atom is -0.372 e. The van der Waals surface area contributed by atoms with E-state index in [1.54, 1.807) is 19.3 Å². The number of halogens is 2. The Morgan fingerprint density at radius 3 is 2.65 bits per heavy atom. The van der Waals surface area contributed by atoms with Crippen LogP contribution in [0, 0.1) is 6.92 Å². The van der Waals surface area contributed by atoms with Crippen LogP contribution in [0.3, 0.4) is 0 Å². The molecule has 0 atom stereocenters. The van der Waals surface area contributed by atoms with Gasteiger partial charge in [-0.05, 0) is 46.6 Å². The normalized spacial score (nSPS) is 10.2. The lowest BCUT2D eigenvalue weighted by molar-refractivity contribution is 0.102. The van der Waals surface area contributed by atoms with Crippen molar-refractivity contribution in [2.45, 2.75) is 6.92 Å². The van der Waals surface area contributed by atoms with E-state index in [1.165, 1.54) is 0 Å². The average Bonchev–Trinajstić information content (AvgIpc) is 2.42. The second kappa shape index (κ2) is 6.37. The van der Waals surface area contributed by atoms with Gasteiger partial charge in [0.15, 0.2) is 0 Å². The minimum absolute atomic E-state index is 0.204. The number of nitrogens with zero attached hydrogens (tertiary/aromatic N) is 1. The molecular weight excluding hydrogens is 386 g/mol. The van der Waals surface area contributed by atoms with Gasteiger partial charge in [0.05, 0.1) is 5.56 Å². The minimum atomic E-state index is -0.204. The molecule has 1 aromatic carbocycles. The smallest absolute Gasteiger partial charge is 0.259 e. The van der Waals surface area contributed by atoms with Crippen molar-refractivity contribution in [2.24, 2.45) is 0 Å². The van der Waals surface area contributed by atoms with Crippen LogP contribution in [0.5, 0.6) is 0 Å². The highest BCUT2D eigenvalue weighted by atomic mass is 79.9. The number of carbonyl (C=O) groups is 1. The van der Waals surface area contributed by atoms with Gasteiger partial charge in [0.2, 0.25) is 0 Å². The Morgan fingerprint density at radius 1 is 1.20 bits per heavy atom. The predicted molar refractivity (Wildman–Crippen MR) is 88.3 cm³/mol. The third kappa shape index (κ3) is 3.37. The number of benzene rings is 1. The molecule has 0 aliphatic heterocycles. The van der Waals surface area contributed by atoms with E-state index in [2.05, 4.69) is 47.5 Å². The van der Waals surface area contributed by atoms with Crippen LogP contribution in [0.1, 0.15) is 15.9 Å². The number of anilines is 2. The molecule has 4 nitrogen and oxygen atoms in total. The van der Waals surface area contributed by atoms with Crippen molar-refractivity contribution in [2.75, 3.05) is 17.7 Å². The average molecular weight is 399 g/mol. The first-order valence-corrected chi connectivity index (χ1v) is 7.50. The summed E-state index contributed by atoms with van der Waals surface area (Å²) >= 11 is 6.73. The van der Waals surface area contributed by atoms with Crippen LogP contribution < -0.4 is 10.6 Å². The maximum Gasteiger partial charge on any atom is 0.259 e. The van der Waals surface area contributed by atoms with Gasteiger partial charge in [0.1, 0.15) is 5.82 Å². The summed E-state index contributed by atoms with van der Waals surface area (Å²) in [6.45, 7) is 1.94. The molecule has 0 bridgehead atoms. The van der Waals surface area contributed by atoms with Gasteiger partial charge >= 0.3 is 0 Å². The van der Waals surface area contributed by atoms with Crippen molar-refractivity contribution in [3.8, 4) is 0 Å². The summed E-state index contributed by atoms with van der Waals surface area (Å²) in [7, 11) is 1.73. The van der Waals surface area contributed by atoms with E-state index < -0.39 is 0 Å².